The fraction of sp³-hybridized carbons (Fsp3) is 0.133. The molecule has 0 saturated heterocycles. The minimum atomic E-state index is -1.91. The van der Waals surface area contributed by atoms with Crippen LogP contribution in [0.5, 0.6) is 0 Å². The molecular weight excluding hydrogens is 228 g/mol. The highest BCUT2D eigenvalue weighted by molar-refractivity contribution is 8.28. The molecule has 2 rings (SSSR count). The van der Waals surface area contributed by atoms with Crippen molar-refractivity contribution in [2.45, 2.75) is 16.7 Å². The van der Waals surface area contributed by atoms with Gasteiger partial charge in [0.15, 0.2) is 0 Å². The van der Waals surface area contributed by atoms with Gasteiger partial charge in [0.1, 0.15) is 0 Å². The van der Waals surface area contributed by atoms with E-state index in [1.165, 1.54) is 0 Å². The van der Waals surface area contributed by atoms with Crippen molar-refractivity contribution in [3.05, 3.63) is 66.6 Å². The lowest BCUT2D eigenvalue weighted by Crippen LogP contribution is -1.99. The fourth-order valence-electron chi connectivity index (χ4n) is 1.74. The van der Waals surface area contributed by atoms with Crippen molar-refractivity contribution >= 4 is 10.3 Å². The van der Waals surface area contributed by atoms with Crippen LogP contribution in [0.3, 0.4) is 0 Å². The maximum atomic E-state index is 10.7. The molecule has 0 fully saturated rings. The summed E-state index contributed by atoms with van der Waals surface area (Å²) in [6.45, 7) is 5.96. The standard InChI is InChI=1S/C15H17OS/c1-12-9-10-15(11-13(12)2)17(3,16)14-7-5-4-6-8-14/h4-11,16H,1H2,2-3H3. The molecule has 1 unspecified atom stereocenters. The Labute approximate surface area is 105 Å². The predicted octanol–water partition coefficient (Wildman–Crippen LogP) is 4.50. The molecule has 0 heterocycles. The van der Waals surface area contributed by atoms with E-state index in [4.69, 9.17) is 0 Å². The van der Waals surface area contributed by atoms with Crippen LogP contribution in [0.25, 0.3) is 0 Å². The van der Waals surface area contributed by atoms with Gasteiger partial charge in [0.25, 0.3) is 0 Å². The molecule has 0 bridgehead atoms. The summed E-state index contributed by atoms with van der Waals surface area (Å²) in [5.74, 6) is 0. The summed E-state index contributed by atoms with van der Waals surface area (Å²) in [6.07, 6.45) is 1.90. The van der Waals surface area contributed by atoms with Crippen molar-refractivity contribution in [1.29, 1.82) is 0 Å². The molecule has 0 aliphatic carbocycles. The van der Waals surface area contributed by atoms with Gasteiger partial charge in [0, 0.05) is 9.79 Å². The Bertz CT molecular complexity index is 518. The average molecular weight is 245 g/mol. The SMILES string of the molecule is [CH2]c1ccc(S(C)(O)c2ccccc2)cc1C. The van der Waals surface area contributed by atoms with E-state index in [0.29, 0.717) is 0 Å². The maximum Gasteiger partial charge on any atom is 0.0169 e. The highest BCUT2D eigenvalue weighted by Gasteiger charge is 2.19. The van der Waals surface area contributed by atoms with E-state index in [2.05, 4.69) is 6.92 Å². The van der Waals surface area contributed by atoms with E-state index < -0.39 is 10.3 Å². The lowest BCUT2D eigenvalue weighted by molar-refractivity contribution is 0.630. The zero-order chi connectivity index (χ0) is 12.5. The van der Waals surface area contributed by atoms with Crippen LogP contribution in [-0.2, 0) is 0 Å². The largest absolute Gasteiger partial charge is 0.343 e. The summed E-state index contributed by atoms with van der Waals surface area (Å²) in [4.78, 5) is 1.96. The van der Waals surface area contributed by atoms with Gasteiger partial charge < -0.3 is 4.55 Å². The third-order valence-electron chi connectivity index (χ3n) is 2.98. The first-order valence-electron chi connectivity index (χ1n) is 5.50. The second kappa shape index (κ2) is 4.55. The first-order chi connectivity index (χ1) is 8.01. The normalized spacial score (nSPS) is 16.2. The molecule has 1 N–H and O–H groups in total. The Morgan fingerprint density at radius 3 is 2.24 bits per heavy atom. The lowest BCUT2D eigenvalue weighted by atomic mass is 10.1. The number of rotatable bonds is 2. The Hall–Kier alpha value is -1.25. The van der Waals surface area contributed by atoms with Crippen LogP contribution in [0.1, 0.15) is 11.1 Å². The van der Waals surface area contributed by atoms with Gasteiger partial charge in [-0.3, -0.25) is 0 Å². The molecule has 0 aliphatic rings. The van der Waals surface area contributed by atoms with Gasteiger partial charge >= 0.3 is 0 Å². The van der Waals surface area contributed by atoms with Gasteiger partial charge in [-0.15, -0.1) is 0 Å². The van der Waals surface area contributed by atoms with Crippen molar-refractivity contribution in [3.63, 3.8) is 0 Å². The van der Waals surface area contributed by atoms with E-state index in [1.807, 2.05) is 61.7 Å². The third-order valence-corrected chi connectivity index (χ3v) is 5.34. The monoisotopic (exact) mass is 245 g/mol. The van der Waals surface area contributed by atoms with Crippen molar-refractivity contribution in [2.75, 3.05) is 6.26 Å². The van der Waals surface area contributed by atoms with Crippen LogP contribution in [0.2, 0.25) is 0 Å². The van der Waals surface area contributed by atoms with Crippen molar-refractivity contribution in [3.8, 4) is 0 Å². The minimum Gasteiger partial charge on any atom is -0.343 e. The van der Waals surface area contributed by atoms with Gasteiger partial charge in [-0.1, -0.05) is 34.6 Å². The Balaban J connectivity index is 2.48. The van der Waals surface area contributed by atoms with Crippen LogP contribution >= 0.6 is 10.3 Å². The van der Waals surface area contributed by atoms with E-state index >= 15 is 0 Å². The Morgan fingerprint density at radius 1 is 1.00 bits per heavy atom. The summed E-state index contributed by atoms with van der Waals surface area (Å²) < 4.78 is 10.7. The minimum absolute atomic E-state index is 0.980. The zero-order valence-electron chi connectivity index (χ0n) is 10.2. The van der Waals surface area contributed by atoms with Crippen LogP contribution in [0, 0.1) is 13.8 Å². The average Bonchev–Trinajstić information content (AvgIpc) is 2.33. The van der Waals surface area contributed by atoms with Crippen LogP contribution < -0.4 is 0 Å². The molecule has 2 aromatic rings. The second-order valence-electron chi connectivity index (χ2n) is 4.28. The molecule has 0 aromatic heterocycles. The topological polar surface area (TPSA) is 20.2 Å². The molecule has 0 saturated carbocycles. The number of hydrogen-bond donors (Lipinski definition) is 1. The summed E-state index contributed by atoms with van der Waals surface area (Å²) >= 11 is 0. The van der Waals surface area contributed by atoms with E-state index in [9.17, 15) is 4.55 Å². The first-order valence-corrected chi connectivity index (χ1v) is 7.50. The smallest absolute Gasteiger partial charge is 0.0169 e. The molecule has 0 aliphatic heterocycles. The molecule has 1 radical (unpaired) electrons. The summed E-state index contributed by atoms with van der Waals surface area (Å²) in [7, 11) is -1.91. The van der Waals surface area contributed by atoms with Crippen molar-refractivity contribution < 1.29 is 4.55 Å². The molecule has 89 valence electrons. The highest BCUT2D eigenvalue weighted by Crippen LogP contribution is 2.55. The van der Waals surface area contributed by atoms with E-state index in [-0.39, 0.29) is 0 Å². The lowest BCUT2D eigenvalue weighted by Gasteiger charge is -2.30. The molecule has 1 atom stereocenters. The van der Waals surface area contributed by atoms with Crippen LogP contribution in [-0.4, -0.2) is 10.8 Å². The quantitative estimate of drug-likeness (QED) is 0.825. The Kier molecular flexibility index (Phi) is 3.27. The Morgan fingerprint density at radius 2 is 1.65 bits per heavy atom. The summed E-state index contributed by atoms with van der Waals surface area (Å²) in [5.41, 5.74) is 2.13. The number of aryl methyl sites for hydroxylation is 1. The molecule has 1 nitrogen and oxygen atoms in total. The van der Waals surface area contributed by atoms with Crippen molar-refractivity contribution in [2.24, 2.45) is 0 Å². The summed E-state index contributed by atoms with van der Waals surface area (Å²) in [5, 5.41) is 0. The molecule has 2 aromatic carbocycles. The summed E-state index contributed by atoms with van der Waals surface area (Å²) in [6, 6.07) is 15.8. The zero-order valence-corrected chi connectivity index (χ0v) is 11.0. The predicted molar refractivity (Wildman–Crippen MR) is 74.8 cm³/mol. The highest BCUT2D eigenvalue weighted by atomic mass is 32.3. The van der Waals surface area contributed by atoms with Gasteiger partial charge in [0.05, 0.1) is 0 Å². The first kappa shape index (κ1) is 12.2. The molecule has 2 heteroatoms. The number of benzene rings is 2. The molecule has 0 spiro atoms. The number of hydrogen-bond acceptors (Lipinski definition) is 1. The molecule has 0 amide bonds. The molecular formula is C15H17OS. The third kappa shape index (κ3) is 2.38. The maximum absolute atomic E-state index is 10.7. The van der Waals surface area contributed by atoms with E-state index in [0.717, 1.165) is 20.9 Å². The molecule has 17 heavy (non-hydrogen) atoms. The van der Waals surface area contributed by atoms with Crippen molar-refractivity contribution in [1.82, 2.24) is 0 Å². The second-order valence-corrected chi connectivity index (χ2v) is 6.97. The van der Waals surface area contributed by atoms with Gasteiger partial charge in [-0.05, 0) is 55.5 Å². The van der Waals surface area contributed by atoms with E-state index in [1.54, 1.807) is 0 Å². The van der Waals surface area contributed by atoms with Crippen LogP contribution in [0.4, 0.5) is 0 Å². The van der Waals surface area contributed by atoms with Crippen LogP contribution in [0.15, 0.2) is 58.3 Å². The van der Waals surface area contributed by atoms with Gasteiger partial charge in [0.2, 0.25) is 0 Å². The van der Waals surface area contributed by atoms with Gasteiger partial charge in [-0.2, -0.15) is 0 Å². The van der Waals surface area contributed by atoms with Gasteiger partial charge in [-0.25, -0.2) is 0 Å². The fourth-order valence-corrected chi connectivity index (χ4v) is 3.44.